The summed E-state index contributed by atoms with van der Waals surface area (Å²) in [5, 5.41) is 2.95. The van der Waals surface area contributed by atoms with Crippen molar-refractivity contribution in [1.29, 1.82) is 0 Å². The standard InChI is InChI=1S/C25H21N3O6/c29-23-15-25(22-3-1-2-8-26-22,28(23)17-5-7-19-21(14-17)34-12-10-32-19)24(30)27-16-4-6-18-20(13-16)33-11-9-31-18/h1-8,13-14H,9-12,15H2,(H,27,30). The van der Waals surface area contributed by atoms with E-state index in [9.17, 15) is 9.59 Å². The molecule has 0 aliphatic carbocycles. The zero-order chi connectivity index (χ0) is 23.1. The first-order valence-corrected chi connectivity index (χ1v) is 11.0. The number of fused-ring (bicyclic) bond motifs is 2. The van der Waals surface area contributed by atoms with Gasteiger partial charge in [-0.15, -0.1) is 0 Å². The number of β-lactam (4-membered cyclic amide) rings is 1. The first-order chi connectivity index (χ1) is 16.6. The molecule has 3 aliphatic heterocycles. The largest absolute Gasteiger partial charge is 0.486 e. The second kappa shape index (κ2) is 7.95. The number of ether oxygens (including phenoxy) is 4. The lowest BCUT2D eigenvalue weighted by atomic mass is 9.78. The summed E-state index contributed by atoms with van der Waals surface area (Å²) < 4.78 is 22.5. The van der Waals surface area contributed by atoms with E-state index in [1.54, 1.807) is 60.8 Å². The average Bonchev–Trinajstić information content (AvgIpc) is 2.87. The molecule has 0 radical (unpaired) electrons. The van der Waals surface area contributed by atoms with Crippen molar-refractivity contribution < 1.29 is 28.5 Å². The molecule has 1 fully saturated rings. The molecule has 2 aromatic carbocycles. The molecule has 1 N–H and O–H groups in total. The second-order valence-corrected chi connectivity index (χ2v) is 8.12. The van der Waals surface area contributed by atoms with Crippen LogP contribution in [0.25, 0.3) is 0 Å². The lowest BCUT2D eigenvalue weighted by Gasteiger charge is -2.49. The van der Waals surface area contributed by atoms with Crippen LogP contribution in [0, 0.1) is 0 Å². The van der Waals surface area contributed by atoms with Crippen LogP contribution in [0.2, 0.25) is 0 Å². The number of amides is 2. The van der Waals surface area contributed by atoms with Gasteiger partial charge in [0.1, 0.15) is 26.4 Å². The van der Waals surface area contributed by atoms with Crippen LogP contribution in [-0.2, 0) is 15.1 Å². The normalized spacial score (nSPS) is 20.4. The van der Waals surface area contributed by atoms with Crippen molar-refractivity contribution in [2.75, 3.05) is 36.6 Å². The van der Waals surface area contributed by atoms with Gasteiger partial charge in [-0.2, -0.15) is 0 Å². The van der Waals surface area contributed by atoms with Gasteiger partial charge in [-0.05, 0) is 36.4 Å². The highest BCUT2D eigenvalue weighted by Gasteiger charge is 2.59. The fourth-order valence-corrected chi connectivity index (χ4v) is 4.50. The number of nitrogens with one attached hydrogen (secondary N) is 1. The van der Waals surface area contributed by atoms with Crippen LogP contribution in [0.15, 0.2) is 60.8 Å². The van der Waals surface area contributed by atoms with E-state index in [2.05, 4.69) is 10.3 Å². The molecule has 9 nitrogen and oxygen atoms in total. The quantitative estimate of drug-likeness (QED) is 0.599. The Labute approximate surface area is 195 Å². The van der Waals surface area contributed by atoms with Crippen molar-refractivity contribution in [2.24, 2.45) is 0 Å². The van der Waals surface area contributed by atoms with Gasteiger partial charge < -0.3 is 24.3 Å². The average molecular weight is 459 g/mol. The number of hydrogen-bond acceptors (Lipinski definition) is 7. The number of carbonyl (C=O) groups is 2. The monoisotopic (exact) mass is 459 g/mol. The van der Waals surface area contributed by atoms with Gasteiger partial charge in [0, 0.05) is 29.7 Å². The van der Waals surface area contributed by atoms with E-state index in [0.29, 0.717) is 66.5 Å². The Bertz CT molecular complexity index is 1280. The predicted molar refractivity (Wildman–Crippen MR) is 122 cm³/mol. The Hall–Kier alpha value is -4.27. The molecule has 0 saturated carbocycles. The first-order valence-electron chi connectivity index (χ1n) is 11.0. The van der Waals surface area contributed by atoms with E-state index < -0.39 is 5.54 Å². The number of anilines is 2. The van der Waals surface area contributed by atoms with E-state index in [1.165, 1.54) is 4.90 Å². The van der Waals surface area contributed by atoms with Gasteiger partial charge in [0.25, 0.3) is 5.91 Å². The lowest BCUT2D eigenvalue weighted by Crippen LogP contribution is -2.67. The van der Waals surface area contributed by atoms with E-state index in [0.717, 1.165) is 0 Å². The summed E-state index contributed by atoms with van der Waals surface area (Å²) in [5.41, 5.74) is 0.212. The smallest absolute Gasteiger partial charge is 0.257 e. The van der Waals surface area contributed by atoms with Crippen molar-refractivity contribution >= 4 is 23.2 Å². The molecule has 4 heterocycles. The molecule has 6 rings (SSSR count). The van der Waals surface area contributed by atoms with Crippen LogP contribution in [0.3, 0.4) is 0 Å². The van der Waals surface area contributed by atoms with Crippen LogP contribution in [0.5, 0.6) is 23.0 Å². The van der Waals surface area contributed by atoms with Crippen molar-refractivity contribution in [1.82, 2.24) is 4.98 Å². The minimum Gasteiger partial charge on any atom is -0.486 e. The van der Waals surface area contributed by atoms with Crippen molar-refractivity contribution in [3.63, 3.8) is 0 Å². The molecule has 3 aromatic rings. The molecule has 34 heavy (non-hydrogen) atoms. The second-order valence-electron chi connectivity index (χ2n) is 8.12. The van der Waals surface area contributed by atoms with Gasteiger partial charge in [-0.1, -0.05) is 6.07 Å². The van der Waals surface area contributed by atoms with Gasteiger partial charge in [-0.3, -0.25) is 19.5 Å². The number of pyridine rings is 1. The topological polar surface area (TPSA) is 99.2 Å². The molecular weight excluding hydrogens is 438 g/mol. The summed E-state index contributed by atoms with van der Waals surface area (Å²) in [6.07, 6.45) is 1.59. The Kier molecular flexibility index (Phi) is 4.75. The molecular formula is C25H21N3O6. The molecule has 1 aromatic heterocycles. The summed E-state index contributed by atoms with van der Waals surface area (Å²) in [6.45, 7) is 1.80. The molecule has 1 saturated heterocycles. The minimum atomic E-state index is -1.32. The molecule has 1 atom stereocenters. The molecule has 0 spiro atoms. The molecule has 0 bridgehead atoms. The van der Waals surface area contributed by atoms with Gasteiger partial charge in [0.05, 0.1) is 12.1 Å². The number of nitrogens with zero attached hydrogens (tertiary/aromatic N) is 2. The maximum absolute atomic E-state index is 13.8. The van der Waals surface area contributed by atoms with Crippen LogP contribution in [-0.4, -0.2) is 43.2 Å². The van der Waals surface area contributed by atoms with E-state index in [-0.39, 0.29) is 18.2 Å². The van der Waals surface area contributed by atoms with E-state index >= 15 is 0 Å². The zero-order valence-corrected chi connectivity index (χ0v) is 18.2. The van der Waals surface area contributed by atoms with Crippen LogP contribution in [0.1, 0.15) is 12.1 Å². The summed E-state index contributed by atoms with van der Waals surface area (Å²) in [4.78, 5) is 32.7. The third kappa shape index (κ3) is 3.20. The van der Waals surface area contributed by atoms with Crippen LogP contribution < -0.4 is 29.2 Å². The fraction of sp³-hybridized carbons (Fsp3) is 0.240. The van der Waals surface area contributed by atoms with Crippen molar-refractivity contribution in [3.05, 3.63) is 66.5 Å². The maximum Gasteiger partial charge on any atom is 0.257 e. The highest BCUT2D eigenvalue weighted by atomic mass is 16.6. The third-order valence-corrected chi connectivity index (χ3v) is 6.09. The van der Waals surface area contributed by atoms with Gasteiger partial charge in [0.2, 0.25) is 5.91 Å². The molecule has 2 amide bonds. The molecule has 172 valence electrons. The van der Waals surface area contributed by atoms with Crippen molar-refractivity contribution in [2.45, 2.75) is 12.0 Å². The Morgan fingerprint density at radius 1 is 0.853 bits per heavy atom. The number of aromatic nitrogens is 1. The van der Waals surface area contributed by atoms with Crippen LogP contribution >= 0.6 is 0 Å². The van der Waals surface area contributed by atoms with Gasteiger partial charge in [-0.25, -0.2) is 0 Å². The molecule has 3 aliphatic rings. The Balaban J connectivity index is 1.39. The highest BCUT2D eigenvalue weighted by molar-refractivity contribution is 6.16. The number of carbonyl (C=O) groups excluding carboxylic acids is 2. The van der Waals surface area contributed by atoms with Gasteiger partial charge >= 0.3 is 0 Å². The summed E-state index contributed by atoms with van der Waals surface area (Å²) in [5.74, 6) is 1.75. The number of rotatable bonds is 4. The lowest BCUT2D eigenvalue weighted by molar-refractivity contribution is -0.137. The molecule has 1 unspecified atom stereocenters. The molecule has 9 heteroatoms. The number of benzene rings is 2. The maximum atomic E-state index is 13.8. The highest BCUT2D eigenvalue weighted by Crippen LogP contribution is 2.47. The fourth-order valence-electron chi connectivity index (χ4n) is 4.50. The Morgan fingerprint density at radius 2 is 1.53 bits per heavy atom. The van der Waals surface area contributed by atoms with Crippen LogP contribution in [0.4, 0.5) is 11.4 Å². The van der Waals surface area contributed by atoms with Gasteiger partial charge in [0.15, 0.2) is 28.5 Å². The number of hydrogen-bond donors (Lipinski definition) is 1. The van der Waals surface area contributed by atoms with Crippen molar-refractivity contribution in [3.8, 4) is 23.0 Å². The summed E-state index contributed by atoms with van der Waals surface area (Å²) >= 11 is 0. The predicted octanol–water partition coefficient (Wildman–Crippen LogP) is 2.89. The van der Waals surface area contributed by atoms with E-state index in [4.69, 9.17) is 18.9 Å². The zero-order valence-electron chi connectivity index (χ0n) is 18.2. The Morgan fingerprint density at radius 3 is 2.21 bits per heavy atom. The first kappa shape index (κ1) is 20.3. The van der Waals surface area contributed by atoms with E-state index in [1.807, 2.05) is 0 Å². The SMILES string of the molecule is O=C1CC(C(=O)Nc2ccc3c(c2)OCCO3)(c2ccccn2)N1c1ccc2c(c1)OCCO2. The third-order valence-electron chi connectivity index (χ3n) is 6.09. The summed E-state index contributed by atoms with van der Waals surface area (Å²) in [7, 11) is 0. The minimum absolute atomic E-state index is 0.0190. The summed E-state index contributed by atoms with van der Waals surface area (Å²) in [6, 6.07) is 15.7.